The Hall–Kier alpha value is -2.50. The normalized spacial score (nSPS) is 11.9. The molecule has 0 aliphatic carbocycles. The Balaban J connectivity index is 2.79. The van der Waals surface area contributed by atoms with Crippen LogP contribution < -0.4 is 20.5 Å². The number of amides is 2. The van der Waals surface area contributed by atoms with Gasteiger partial charge in [0.1, 0.15) is 17.5 Å². The van der Waals surface area contributed by atoms with Gasteiger partial charge in [-0.15, -0.1) is 0 Å². The topological polar surface area (TPSA) is 90.6 Å². The third kappa shape index (κ3) is 4.64. The van der Waals surface area contributed by atoms with Crippen LogP contribution in [-0.2, 0) is 9.59 Å². The fourth-order valence-electron chi connectivity index (χ4n) is 1.43. The van der Waals surface area contributed by atoms with Crippen molar-refractivity contribution in [1.29, 1.82) is 0 Å². The third-order valence-corrected chi connectivity index (χ3v) is 2.59. The van der Waals surface area contributed by atoms with E-state index in [-0.39, 0.29) is 0 Å². The van der Waals surface area contributed by atoms with Gasteiger partial charge in [0.15, 0.2) is 0 Å². The molecule has 0 radical (unpaired) electrons. The highest BCUT2D eigenvalue weighted by Crippen LogP contribution is 2.23. The molecular formula is C14H18N2O4. The van der Waals surface area contributed by atoms with Crippen LogP contribution in [0.5, 0.6) is 11.5 Å². The summed E-state index contributed by atoms with van der Waals surface area (Å²) in [5.41, 5.74) is 5.80. The van der Waals surface area contributed by atoms with Gasteiger partial charge in [0.25, 0.3) is 0 Å². The molecular weight excluding hydrogens is 260 g/mol. The largest absolute Gasteiger partial charge is 0.497 e. The number of nitrogens with two attached hydrogens (primary N) is 1. The molecule has 0 saturated carbocycles. The second kappa shape index (κ2) is 7.18. The van der Waals surface area contributed by atoms with Crippen molar-refractivity contribution in [2.24, 2.45) is 5.73 Å². The molecule has 0 spiro atoms. The van der Waals surface area contributed by atoms with E-state index in [1.54, 1.807) is 38.5 Å². The second-order valence-electron chi connectivity index (χ2n) is 4.11. The van der Waals surface area contributed by atoms with Crippen molar-refractivity contribution >= 4 is 17.9 Å². The second-order valence-corrected chi connectivity index (χ2v) is 4.11. The molecule has 0 saturated heterocycles. The highest BCUT2D eigenvalue weighted by Gasteiger charge is 2.09. The lowest BCUT2D eigenvalue weighted by Gasteiger charge is -2.08. The standard InChI is InChI=1S/C14H18N2O4/c1-9(14(15)18)16-13(17)5-4-10-6-11(19-2)8-12(7-10)20-3/h4-9H,1-3H3,(H2,15,18)(H,16,17)/b5-4+. The summed E-state index contributed by atoms with van der Waals surface area (Å²) in [6, 6.07) is 4.52. The molecule has 6 nitrogen and oxygen atoms in total. The number of carbonyl (C=O) groups excluding carboxylic acids is 2. The zero-order chi connectivity index (χ0) is 15.1. The summed E-state index contributed by atoms with van der Waals surface area (Å²) in [5, 5.41) is 2.44. The van der Waals surface area contributed by atoms with E-state index in [9.17, 15) is 9.59 Å². The van der Waals surface area contributed by atoms with Crippen LogP contribution in [0.2, 0.25) is 0 Å². The van der Waals surface area contributed by atoms with Gasteiger partial charge in [0.2, 0.25) is 11.8 Å². The number of rotatable bonds is 6. The van der Waals surface area contributed by atoms with E-state index in [0.717, 1.165) is 5.56 Å². The predicted octanol–water partition coefficient (Wildman–Crippen LogP) is 0.707. The fraction of sp³-hybridized carbons (Fsp3) is 0.286. The Morgan fingerprint density at radius 3 is 2.20 bits per heavy atom. The minimum absolute atomic E-state index is 0.405. The lowest BCUT2D eigenvalue weighted by Crippen LogP contribution is -2.41. The van der Waals surface area contributed by atoms with Gasteiger partial charge in [-0.2, -0.15) is 0 Å². The molecule has 0 bridgehead atoms. The molecule has 3 N–H and O–H groups in total. The van der Waals surface area contributed by atoms with E-state index < -0.39 is 17.9 Å². The minimum Gasteiger partial charge on any atom is -0.497 e. The van der Waals surface area contributed by atoms with Gasteiger partial charge in [0, 0.05) is 12.1 Å². The molecule has 1 atom stereocenters. The lowest BCUT2D eigenvalue weighted by molar-refractivity contribution is -0.124. The van der Waals surface area contributed by atoms with E-state index in [4.69, 9.17) is 15.2 Å². The first-order valence-electron chi connectivity index (χ1n) is 5.97. The first-order valence-corrected chi connectivity index (χ1v) is 5.97. The number of primary amides is 1. The molecule has 1 unspecified atom stereocenters. The Labute approximate surface area is 117 Å². The van der Waals surface area contributed by atoms with Gasteiger partial charge in [-0.25, -0.2) is 0 Å². The molecule has 1 aromatic carbocycles. The zero-order valence-electron chi connectivity index (χ0n) is 11.7. The van der Waals surface area contributed by atoms with Crippen LogP contribution in [0.15, 0.2) is 24.3 Å². The first kappa shape index (κ1) is 15.6. The van der Waals surface area contributed by atoms with Gasteiger partial charge < -0.3 is 20.5 Å². The predicted molar refractivity (Wildman–Crippen MR) is 75.4 cm³/mol. The van der Waals surface area contributed by atoms with Crippen LogP contribution in [0.25, 0.3) is 6.08 Å². The molecule has 0 aromatic heterocycles. The molecule has 6 heteroatoms. The summed E-state index contributed by atoms with van der Waals surface area (Å²) in [4.78, 5) is 22.4. The van der Waals surface area contributed by atoms with Crippen molar-refractivity contribution in [2.45, 2.75) is 13.0 Å². The average molecular weight is 278 g/mol. The Morgan fingerprint density at radius 2 is 1.75 bits per heavy atom. The van der Waals surface area contributed by atoms with Crippen LogP contribution in [0.3, 0.4) is 0 Å². The van der Waals surface area contributed by atoms with Crippen LogP contribution in [0.4, 0.5) is 0 Å². The number of benzene rings is 1. The summed E-state index contributed by atoms with van der Waals surface area (Å²) < 4.78 is 10.2. The molecule has 0 heterocycles. The average Bonchev–Trinajstić information content (AvgIpc) is 2.44. The van der Waals surface area contributed by atoms with Crippen LogP contribution in [-0.4, -0.2) is 32.1 Å². The van der Waals surface area contributed by atoms with Crippen LogP contribution >= 0.6 is 0 Å². The van der Waals surface area contributed by atoms with Gasteiger partial charge in [0.05, 0.1) is 14.2 Å². The van der Waals surface area contributed by atoms with Crippen LogP contribution in [0, 0.1) is 0 Å². The maximum atomic E-state index is 11.6. The van der Waals surface area contributed by atoms with E-state index in [1.807, 2.05) is 0 Å². The van der Waals surface area contributed by atoms with Crippen molar-refractivity contribution in [3.63, 3.8) is 0 Å². The van der Waals surface area contributed by atoms with Gasteiger partial charge >= 0.3 is 0 Å². The number of methoxy groups -OCH3 is 2. The molecule has 2 amide bonds. The summed E-state index contributed by atoms with van der Waals surface area (Å²) in [5.74, 6) is 0.248. The SMILES string of the molecule is COc1cc(/C=C/C(=O)NC(C)C(N)=O)cc(OC)c1. The molecule has 1 rings (SSSR count). The summed E-state index contributed by atoms with van der Waals surface area (Å²) >= 11 is 0. The number of nitrogens with one attached hydrogen (secondary N) is 1. The number of carbonyl (C=O) groups is 2. The van der Waals surface area contributed by atoms with Gasteiger partial charge in [-0.3, -0.25) is 9.59 Å². The third-order valence-electron chi connectivity index (χ3n) is 2.59. The lowest BCUT2D eigenvalue weighted by atomic mass is 10.2. The number of ether oxygens (including phenoxy) is 2. The first-order chi connectivity index (χ1) is 9.46. The van der Waals surface area contributed by atoms with E-state index in [2.05, 4.69) is 5.32 Å². The van der Waals surface area contributed by atoms with Crippen LogP contribution in [0.1, 0.15) is 12.5 Å². The number of hydrogen-bond acceptors (Lipinski definition) is 4. The van der Waals surface area contributed by atoms with Gasteiger partial charge in [-0.1, -0.05) is 0 Å². The highest BCUT2D eigenvalue weighted by molar-refractivity contribution is 5.95. The fourth-order valence-corrected chi connectivity index (χ4v) is 1.43. The van der Waals surface area contributed by atoms with Crippen molar-refractivity contribution < 1.29 is 19.1 Å². The van der Waals surface area contributed by atoms with Crippen molar-refractivity contribution in [2.75, 3.05) is 14.2 Å². The molecule has 0 fully saturated rings. The van der Waals surface area contributed by atoms with Crippen molar-refractivity contribution in [3.05, 3.63) is 29.8 Å². The molecule has 108 valence electrons. The molecule has 0 aliphatic heterocycles. The minimum atomic E-state index is -0.716. The highest BCUT2D eigenvalue weighted by atomic mass is 16.5. The summed E-state index contributed by atoms with van der Waals surface area (Å²) in [6.45, 7) is 1.52. The Bertz CT molecular complexity index is 504. The summed E-state index contributed by atoms with van der Waals surface area (Å²) in [7, 11) is 3.09. The monoisotopic (exact) mass is 278 g/mol. The molecule has 20 heavy (non-hydrogen) atoms. The summed E-state index contributed by atoms with van der Waals surface area (Å²) in [6.07, 6.45) is 2.90. The molecule has 1 aromatic rings. The van der Waals surface area contributed by atoms with Crippen molar-refractivity contribution in [3.8, 4) is 11.5 Å². The van der Waals surface area contributed by atoms with E-state index in [1.165, 1.54) is 13.0 Å². The quantitative estimate of drug-likeness (QED) is 0.750. The Kier molecular flexibility index (Phi) is 5.58. The maximum Gasteiger partial charge on any atom is 0.244 e. The maximum absolute atomic E-state index is 11.6. The number of hydrogen-bond donors (Lipinski definition) is 2. The van der Waals surface area contributed by atoms with E-state index >= 15 is 0 Å². The Morgan fingerprint density at radius 1 is 1.20 bits per heavy atom. The van der Waals surface area contributed by atoms with E-state index in [0.29, 0.717) is 11.5 Å². The molecule has 0 aliphatic rings. The zero-order valence-corrected chi connectivity index (χ0v) is 11.7. The smallest absolute Gasteiger partial charge is 0.244 e. The van der Waals surface area contributed by atoms with Gasteiger partial charge in [-0.05, 0) is 30.7 Å². The van der Waals surface area contributed by atoms with Crippen molar-refractivity contribution in [1.82, 2.24) is 5.32 Å².